The Kier molecular flexibility index (Phi) is 4.13. The van der Waals surface area contributed by atoms with E-state index in [9.17, 15) is 4.79 Å². The molecule has 114 valence electrons. The fraction of sp³-hybridized carbons (Fsp3) is 0.412. The lowest BCUT2D eigenvalue weighted by atomic mass is 10.1. The van der Waals surface area contributed by atoms with Gasteiger partial charge in [0, 0.05) is 36.8 Å². The van der Waals surface area contributed by atoms with Crippen LogP contribution in [-0.4, -0.2) is 27.4 Å². The molecule has 0 aromatic carbocycles. The summed E-state index contributed by atoms with van der Waals surface area (Å²) in [6.07, 6.45) is 5.26. The molecule has 1 fully saturated rings. The van der Waals surface area contributed by atoms with Gasteiger partial charge in [-0.1, -0.05) is 13.0 Å². The van der Waals surface area contributed by atoms with Gasteiger partial charge in [-0.05, 0) is 31.4 Å². The molecule has 1 N–H and O–H groups in total. The minimum Gasteiger partial charge on any atom is -0.355 e. The van der Waals surface area contributed by atoms with Crippen LogP contribution in [0.15, 0.2) is 30.6 Å². The topological polar surface area (TPSA) is 67.8 Å². The Labute approximate surface area is 130 Å². The number of hydrogen-bond donors (Lipinski definition) is 1. The van der Waals surface area contributed by atoms with Crippen LogP contribution in [0.1, 0.15) is 24.9 Å². The van der Waals surface area contributed by atoms with Crippen molar-refractivity contribution >= 4 is 5.91 Å². The number of carbonyl (C=O) groups is 1. The van der Waals surface area contributed by atoms with Crippen LogP contribution in [0.25, 0.3) is 11.3 Å². The SMILES string of the molecule is Cc1ncc(-c2ccccn2)c(CCNC(=O)[C@@H]2C[C@@H]2C)n1. The molecule has 0 radical (unpaired) electrons. The largest absolute Gasteiger partial charge is 0.355 e. The van der Waals surface area contributed by atoms with Crippen LogP contribution in [0.3, 0.4) is 0 Å². The molecule has 1 aliphatic rings. The van der Waals surface area contributed by atoms with E-state index < -0.39 is 0 Å². The molecule has 1 amide bonds. The molecule has 1 saturated carbocycles. The fourth-order valence-electron chi connectivity index (χ4n) is 2.57. The first-order valence-electron chi connectivity index (χ1n) is 7.67. The number of aryl methyl sites for hydroxylation is 1. The molecule has 0 spiro atoms. The second-order valence-corrected chi connectivity index (χ2v) is 5.85. The molecule has 0 unspecified atom stereocenters. The van der Waals surface area contributed by atoms with Gasteiger partial charge >= 0.3 is 0 Å². The number of hydrogen-bond acceptors (Lipinski definition) is 4. The van der Waals surface area contributed by atoms with Crippen molar-refractivity contribution in [2.75, 3.05) is 6.54 Å². The lowest BCUT2D eigenvalue weighted by molar-refractivity contribution is -0.122. The van der Waals surface area contributed by atoms with Gasteiger partial charge in [-0.2, -0.15) is 0 Å². The summed E-state index contributed by atoms with van der Waals surface area (Å²) >= 11 is 0. The maximum atomic E-state index is 11.9. The summed E-state index contributed by atoms with van der Waals surface area (Å²) in [6.45, 7) is 4.58. The molecule has 1 aliphatic carbocycles. The predicted octanol–water partition coefficient (Wildman–Crippen LogP) is 2.16. The standard InChI is InChI=1S/C17H20N4O/c1-11-9-13(11)17(22)19-8-6-16-14(10-20-12(2)21-16)15-5-3-4-7-18-15/h3-5,7,10-11,13H,6,8-9H2,1-2H3,(H,19,22)/t11-,13+/m0/s1. The molecule has 2 atom stereocenters. The van der Waals surface area contributed by atoms with Gasteiger partial charge in [0.1, 0.15) is 5.82 Å². The lowest BCUT2D eigenvalue weighted by Gasteiger charge is -2.09. The van der Waals surface area contributed by atoms with Gasteiger partial charge in [0.25, 0.3) is 0 Å². The highest BCUT2D eigenvalue weighted by Gasteiger charge is 2.38. The third kappa shape index (κ3) is 3.30. The third-order valence-electron chi connectivity index (χ3n) is 4.04. The van der Waals surface area contributed by atoms with Crippen LogP contribution < -0.4 is 5.32 Å². The van der Waals surface area contributed by atoms with Crippen molar-refractivity contribution in [2.24, 2.45) is 11.8 Å². The van der Waals surface area contributed by atoms with Crippen molar-refractivity contribution < 1.29 is 4.79 Å². The minimum absolute atomic E-state index is 0.165. The van der Waals surface area contributed by atoms with Crippen molar-refractivity contribution in [3.8, 4) is 11.3 Å². The average molecular weight is 296 g/mol. The first-order chi connectivity index (χ1) is 10.6. The Hall–Kier alpha value is -2.30. The number of aromatic nitrogens is 3. The van der Waals surface area contributed by atoms with E-state index in [0.29, 0.717) is 18.9 Å². The van der Waals surface area contributed by atoms with E-state index in [0.717, 1.165) is 29.2 Å². The van der Waals surface area contributed by atoms with E-state index in [4.69, 9.17) is 0 Å². The lowest BCUT2D eigenvalue weighted by Crippen LogP contribution is -2.28. The highest BCUT2D eigenvalue weighted by atomic mass is 16.2. The molecule has 2 aromatic heterocycles. The highest BCUT2D eigenvalue weighted by molar-refractivity contribution is 5.81. The summed E-state index contributed by atoms with van der Waals surface area (Å²) < 4.78 is 0. The van der Waals surface area contributed by atoms with Gasteiger partial charge in [0.2, 0.25) is 5.91 Å². The quantitative estimate of drug-likeness (QED) is 0.918. The summed E-state index contributed by atoms with van der Waals surface area (Å²) in [5.41, 5.74) is 2.72. The number of carbonyl (C=O) groups excluding carboxylic acids is 1. The number of nitrogens with one attached hydrogen (secondary N) is 1. The number of amides is 1. The van der Waals surface area contributed by atoms with E-state index in [1.54, 1.807) is 6.20 Å². The summed E-state index contributed by atoms with van der Waals surface area (Å²) in [5, 5.41) is 3.00. The monoisotopic (exact) mass is 296 g/mol. The average Bonchev–Trinajstić information content (AvgIpc) is 3.25. The van der Waals surface area contributed by atoms with Crippen molar-refractivity contribution in [2.45, 2.75) is 26.7 Å². The van der Waals surface area contributed by atoms with E-state index in [2.05, 4.69) is 27.2 Å². The Morgan fingerprint density at radius 3 is 2.86 bits per heavy atom. The van der Waals surface area contributed by atoms with Crippen LogP contribution in [0, 0.1) is 18.8 Å². The smallest absolute Gasteiger partial charge is 0.223 e. The van der Waals surface area contributed by atoms with Crippen molar-refractivity contribution in [3.63, 3.8) is 0 Å². The molecular formula is C17H20N4O. The predicted molar refractivity (Wildman–Crippen MR) is 84.0 cm³/mol. The van der Waals surface area contributed by atoms with Crippen LogP contribution >= 0.6 is 0 Å². The number of nitrogens with zero attached hydrogens (tertiary/aromatic N) is 3. The Morgan fingerprint density at radius 2 is 2.18 bits per heavy atom. The van der Waals surface area contributed by atoms with Crippen molar-refractivity contribution in [1.82, 2.24) is 20.3 Å². The minimum atomic E-state index is 0.165. The fourth-order valence-corrected chi connectivity index (χ4v) is 2.57. The van der Waals surface area contributed by atoms with E-state index >= 15 is 0 Å². The zero-order valence-corrected chi connectivity index (χ0v) is 12.9. The zero-order chi connectivity index (χ0) is 15.5. The van der Waals surface area contributed by atoms with E-state index in [1.807, 2.05) is 31.3 Å². The number of pyridine rings is 1. The maximum absolute atomic E-state index is 11.9. The molecule has 3 rings (SSSR count). The second-order valence-electron chi connectivity index (χ2n) is 5.85. The highest BCUT2D eigenvalue weighted by Crippen LogP contribution is 2.37. The van der Waals surface area contributed by atoms with Gasteiger partial charge in [-0.15, -0.1) is 0 Å². The van der Waals surface area contributed by atoms with Crippen LogP contribution in [0.4, 0.5) is 0 Å². The van der Waals surface area contributed by atoms with Gasteiger partial charge in [0.15, 0.2) is 0 Å². The summed E-state index contributed by atoms with van der Waals surface area (Å²) in [4.78, 5) is 25.0. The summed E-state index contributed by atoms with van der Waals surface area (Å²) in [5.74, 6) is 1.64. The molecule has 2 heterocycles. The normalized spacial score (nSPS) is 19.7. The van der Waals surface area contributed by atoms with Gasteiger partial charge in [-0.3, -0.25) is 9.78 Å². The van der Waals surface area contributed by atoms with Gasteiger partial charge in [0.05, 0.1) is 11.4 Å². The first-order valence-corrected chi connectivity index (χ1v) is 7.67. The summed E-state index contributed by atoms with van der Waals surface area (Å²) in [6, 6.07) is 5.78. The zero-order valence-electron chi connectivity index (χ0n) is 12.9. The van der Waals surface area contributed by atoms with Crippen molar-refractivity contribution in [3.05, 3.63) is 42.1 Å². The molecule has 22 heavy (non-hydrogen) atoms. The Bertz CT molecular complexity index is 672. The summed E-state index contributed by atoms with van der Waals surface area (Å²) in [7, 11) is 0. The second kappa shape index (κ2) is 6.22. The molecule has 5 heteroatoms. The molecule has 0 saturated heterocycles. The maximum Gasteiger partial charge on any atom is 0.223 e. The van der Waals surface area contributed by atoms with Gasteiger partial charge in [-0.25, -0.2) is 9.97 Å². The molecule has 0 bridgehead atoms. The Morgan fingerprint density at radius 1 is 1.36 bits per heavy atom. The molecule has 5 nitrogen and oxygen atoms in total. The van der Waals surface area contributed by atoms with Crippen LogP contribution in [0.2, 0.25) is 0 Å². The van der Waals surface area contributed by atoms with Crippen LogP contribution in [0.5, 0.6) is 0 Å². The molecule has 2 aromatic rings. The first kappa shape index (κ1) is 14.6. The van der Waals surface area contributed by atoms with Gasteiger partial charge < -0.3 is 5.32 Å². The molecule has 0 aliphatic heterocycles. The molecular weight excluding hydrogens is 276 g/mol. The third-order valence-corrected chi connectivity index (χ3v) is 4.04. The van der Waals surface area contributed by atoms with E-state index in [1.165, 1.54) is 0 Å². The van der Waals surface area contributed by atoms with Crippen molar-refractivity contribution in [1.29, 1.82) is 0 Å². The Balaban J connectivity index is 1.70. The van der Waals surface area contributed by atoms with E-state index in [-0.39, 0.29) is 11.8 Å². The number of rotatable bonds is 5. The van der Waals surface area contributed by atoms with Crippen LogP contribution in [-0.2, 0) is 11.2 Å².